The fourth-order valence-corrected chi connectivity index (χ4v) is 1.95. The van der Waals surface area contributed by atoms with Crippen molar-refractivity contribution in [2.45, 2.75) is 10.4 Å². The van der Waals surface area contributed by atoms with Crippen LogP contribution in [0.5, 0.6) is 5.75 Å². The van der Waals surface area contributed by atoms with E-state index in [1.54, 1.807) is 0 Å². The maximum absolute atomic E-state index is 12.3. The Labute approximate surface area is 99.7 Å². The number of carbonyl (C=O) groups is 1. The Kier molecular flexibility index (Phi) is 3.85. The first kappa shape index (κ1) is 14.3. The number of benzene rings is 1. The van der Waals surface area contributed by atoms with Gasteiger partial charge in [0.05, 0.1) is 0 Å². The SMILES string of the molecule is O=C(O)COc1ccccc1S(=O)(=O)C(F)(F)F. The average Bonchev–Trinajstić information content (AvgIpc) is 2.25. The van der Waals surface area contributed by atoms with E-state index >= 15 is 0 Å². The molecule has 1 aromatic carbocycles. The molecule has 0 fully saturated rings. The molecule has 0 saturated carbocycles. The second-order valence-corrected chi connectivity index (χ2v) is 4.99. The second-order valence-electron chi connectivity index (χ2n) is 3.08. The number of halogens is 3. The van der Waals surface area contributed by atoms with Gasteiger partial charge in [-0.15, -0.1) is 0 Å². The van der Waals surface area contributed by atoms with E-state index in [1.165, 1.54) is 6.07 Å². The highest BCUT2D eigenvalue weighted by molar-refractivity contribution is 7.92. The first-order valence-corrected chi connectivity index (χ1v) is 5.89. The largest absolute Gasteiger partial charge is 0.502 e. The predicted octanol–water partition coefficient (Wildman–Crippen LogP) is 1.44. The van der Waals surface area contributed by atoms with Crippen LogP contribution in [-0.2, 0) is 14.6 Å². The number of para-hydroxylation sites is 1. The number of alkyl halides is 3. The molecule has 0 bridgehead atoms. The van der Waals surface area contributed by atoms with E-state index in [1.807, 2.05) is 0 Å². The third kappa shape index (κ3) is 2.92. The molecule has 0 heterocycles. The molecule has 0 aliphatic rings. The Hall–Kier alpha value is -1.77. The standard InChI is InChI=1S/C9H7F3O5S/c10-9(11,12)18(15,16)7-4-2-1-3-6(7)17-5-8(13)14/h1-4H,5H2,(H,13,14). The molecule has 0 radical (unpaired) electrons. The molecule has 0 unspecified atom stereocenters. The van der Waals surface area contributed by atoms with Crippen LogP contribution in [0.2, 0.25) is 0 Å². The Bertz CT molecular complexity index is 550. The summed E-state index contributed by atoms with van der Waals surface area (Å²) in [6.45, 7) is -0.940. The average molecular weight is 284 g/mol. The molecule has 0 atom stereocenters. The number of hydrogen-bond donors (Lipinski definition) is 1. The summed E-state index contributed by atoms with van der Waals surface area (Å²) >= 11 is 0. The maximum atomic E-state index is 12.3. The van der Waals surface area contributed by atoms with Crippen molar-refractivity contribution in [2.75, 3.05) is 6.61 Å². The molecule has 5 nitrogen and oxygen atoms in total. The monoisotopic (exact) mass is 284 g/mol. The molecule has 1 N–H and O–H groups in total. The van der Waals surface area contributed by atoms with Crippen LogP contribution in [0, 0.1) is 0 Å². The summed E-state index contributed by atoms with van der Waals surface area (Å²) in [5, 5.41) is 8.33. The van der Waals surface area contributed by atoms with Gasteiger partial charge in [-0.05, 0) is 12.1 Å². The molecule has 18 heavy (non-hydrogen) atoms. The molecule has 1 rings (SSSR count). The Morgan fingerprint density at radius 1 is 1.28 bits per heavy atom. The number of ether oxygens (including phenoxy) is 1. The molecular formula is C9H7F3O5S. The summed E-state index contributed by atoms with van der Waals surface area (Å²) in [5.74, 6) is -2.09. The van der Waals surface area contributed by atoms with Gasteiger partial charge in [-0.3, -0.25) is 0 Å². The highest BCUT2D eigenvalue weighted by atomic mass is 32.2. The summed E-state index contributed by atoms with van der Waals surface area (Å²) in [5.41, 5.74) is -5.48. The number of rotatable bonds is 4. The molecule has 0 aromatic heterocycles. The van der Waals surface area contributed by atoms with Crippen molar-refractivity contribution < 1.29 is 36.2 Å². The van der Waals surface area contributed by atoms with Crippen molar-refractivity contribution in [1.29, 1.82) is 0 Å². The third-order valence-electron chi connectivity index (χ3n) is 1.79. The van der Waals surface area contributed by atoms with Gasteiger partial charge in [-0.25, -0.2) is 13.2 Å². The van der Waals surface area contributed by atoms with Crippen molar-refractivity contribution in [2.24, 2.45) is 0 Å². The number of carboxylic acids is 1. The van der Waals surface area contributed by atoms with Crippen LogP contribution < -0.4 is 4.74 Å². The normalized spacial score (nSPS) is 12.2. The molecule has 0 amide bonds. The zero-order valence-electron chi connectivity index (χ0n) is 8.64. The van der Waals surface area contributed by atoms with Crippen LogP contribution in [0.1, 0.15) is 0 Å². The number of carboxylic acid groups (broad SMARTS) is 1. The summed E-state index contributed by atoms with van der Waals surface area (Å²) in [7, 11) is -5.57. The minimum atomic E-state index is -5.57. The number of aliphatic carboxylic acids is 1. The summed E-state index contributed by atoms with van der Waals surface area (Å²) in [4.78, 5) is 9.12. The van der Waals surface area contributed by atoms with Crippen molar-refractivity contribution in [1.82, 2.24) is 0 Å². The zero-order chi connectivity index (χ0) is 14.0. The van der Waals surface area contributed by atoms with E-state index < -0.39 is 38.6 Å². The van der Waals surface area contributed by atoms with Gasteiger partial charge in [0, 0.05) is 0 Å². The van der Waals surface area contributed by atoms with Crippen LogP contribution in [0.25, 0.3) is 0 Å². The van der Waals surface area contributed by atoms with Gasteiger partial charge in [0.1, 0.15) is 10.6 Å². The minimum Gasteiger partial charge on any atom is -0.481 e. The molecule has 9 heteroatoms. The molecule has 100 valence electrons. The van der Waals surface area contributed by atoms with Crippen LogP contribution >= 0.6 is 0 Å². The molecule has 0 aliphatic heterocycles. The summed E-state index contributed by atoms with van der Waals surface area (Å²) in [6.07, 6.45) is 0. The highest BCUT2D eigenvalue weighted by Crippen LogP contribution is 2.35. The van der Waals surface area contributed by atoms with Crippen LogP contribution in [-0.4, -0.2) is 31.6 Å². The van der Waals surface area contributed by atoms with Gasteiger partial charge in [-0.1, -0.05) is 12.1 Å². The molecule has 1 aromatic rings. The van der Waals surface area contributed by atoms with Crippen molar-refractivity contribution in [3.63, 3.8) is 0 Å². The maximum Gasteiger partial charge on any atom is 0.502 e. The number of hydrogen-bond acceptors (Lipinski definition) is 4. The molecule has 0 saturated heterocycles. The van der Waals surface area contributed by atoms with Gasteiger partial charge in [0.25, 0.3) is 9.84 Å². The van der Waals surface area contributed by atoms with Crippen LogP contribution in [0.3, 0.4) is 0 Å². The predicted molar refractivity (Wildman–Crippen MR) is 52.8 cm³/mol. The van der Waals surface area contributed by atoms with Gasteiger partial charge in [-0.2, -0.15) is 13.2 Å². The van der Waals surface area contributed by atoms with Crippen molar-refractivity contribution >= 4 is 15.8 Å². The molecule has 0 aliphatic carbocycles. The number of sulfone groups is 1. The van der Waals surface area contributed by atoms with E-state index in [2.05, 4.69) is 4.74 Å². The first-order valence-electron chi connectivity index (χ1n) is 4.41. The van der Waals surface area contributed by atoms with Gasteiger partial charge in [0.2, 0.25) is 0 Å². The van der Waals surface area contributed by atoms with Crippen LogP contribution in [0.4, 0.5) is 13.2 Å². The topological polar surface area (TPSA) is 80.7 Å². The van der Waals surface area contributed by atoms with Gasteiger partial charge >= 0.3 is 11.5 Å². The molecular weight excluding hydrogens is 277 g/mol. The summed E-state index contributed by atoms with van der Waals surface area (Å²) < 4.78 is 63.8. The van der Waals surface area contributed by atoms with E-state index in [0.717, 1.165) is 12.1 Å². The van der Waals surface area contributed by atoms with E-state index in [0.29, 0.717) is 6.07 Å². The fraction of sp³-hybridized carbons (Fsp3) is 0.222. The lowest BCUT2D eigenvalue weighted by Gasteiger charge is -2.12. The fourth-order valence-electron chi connectivity index (χ4n) is 1.06. The third-order valence-corrected chi connectivity index (χ3v) is 3.32. The quantitative estimate of drug-likeness (QED) is 0.905. The zero-order valence-corrected chi connectivity index (χ0v) is 9.46. The lowest BCUT2D eigenvalue weighted by molar-refractivity contribution is -0.139. The lowest BCUT2D eigenvalue weighted by atomic mass is 10.3. The van der Waals surface area contributed by atoms with Crippen molar-refractivity contribution in [3.05, 3.63) is 24.3 Å². The first-order chi connectivity index (χ1) is 8.16. The van der Waals surface area contributed by atoms with Gasteiger partial charge < -0.3 is 9.84 Å². The second kappa shape index (κ2) is 4.84. The Morgan fingerprint density at radius 2 is 1.83 bits per heavy atom. The highest BCUT2D eigenvalue weighted by Gasteiger charge is 2.48. The smallest absolute Gasteiger partial charge is 0.481 e. The van der Waals surface area contributed by atoms with Crippen molar-refractivity contribution in [3.8, 4) is 5.75 Å². The lowest BCUT2D eigenvalue weighted by Crippen LogP contribution is -2.24. The van der Waals surface area contributed by atoms with E-state index in [9.17, 15) is 26.4 Å². The molecule has 0 spiro atoms. The summed E-state index contributed by atoms with van der Waals surface area (Å²) in [6, 6.07) is 3.94. The van der Waals surface area contributed by atoms with E-state index in [4.69, 9.17) is 5.11 Å². The Morgan fingerprint density at radius 3 is 2.33 bits per heavy atom. The minimum absolute atomic E-state index is 0.655. The Balaban J connectivity index is 3.22. The van der Waals surface area contributed by atoms with Gasteiger partial charge in [0.15, 0.2) is 6.61 Å². The van der Waals surface area contributed by atoms with E-state index in [-0.39, 0.29) is 0 Å². The van der Waals surface area contributed by atoms with Crippen LogP contribution in [0.15, 0.2) is 29.2 Å².